The fourth-order valence-corrected chi connectivity index (χ4v) is 2.76. The average molecular weight is 373 g/mol. The Bertz CT molecular complexity index is 568. The highest BCUT2D eigenvalue weighted by Crippen LogP contribution is 2.23. The zero-order valence-corrected chi connectivity index (χ0v) is 15.2. The first-order valence-corrected chi connectivity index (χ1v) is 8.81. The molecule has 1 aromatic rings. The zero-order chi connectivity index (χ0) is 19.2. The van der Waals surface area contributed by atoms with Crippen molar-refractivity contribution < 1.29 is 22.7 Å². The van der Waals surface area contributed by atoms with Gasteiger partial charge in [0.15, 0.2) is 0 Å². The number of carbonyl (C=O) groups is 1. The van der Waals surface area contributed by atoms with Crippen LogP contribution in [0.2, 0.25) is 0 Å². The van der Waals surface area contributed by atoms with Crippen molar-refractivity contribution in [3.63, 3.8) is 0 Å². The smallest absolute Gasteiger partial charge is 0.406 e. The molecule has 0 unspecified atom stereocenters. The lowest BCUT2D eigenvalue weighted by atomic mass is 10.1. The Morgan fingerprint density at radius 1 is 1.12 bits per heavy atom. The van der Waals surface area contributed by atoms with E-state index in [-0.39, 0.29) is 18.2 Å². The van der Waals surface area contributed by atoms with Gasteiger partial charge >= 0.3 is 6.36 Å². The maximum atomic E-state index is 12.1. The van der Waals surface area contributed by atoms with E-state index in [1.165, 1.54) is 30.7 Å². The number of nitrogens with zero attached hydrogens (tertiary/aromatic N) is 2. The van der Waals surface area contributed by atoms with E-state index in [0.29, 0.717) is 11.6 Å². The Morgan fingerprint density at radius 2 is 1.69 bits per heavy atom. The predicted molar refractivity (Wildman–Crippen MR) is 94.1 cm³/mol. The standard InChI is InChI=1S/C18H26F3N3O2/c1-14(2)7-8-23-9-11-24(12-10-23)13-17(25)22-15-3-5-16(6-4-15)26-18(19,20)21/h3-6,14H,7-13H2,1-2H3,(H,22,25). The van der Waals surface area contributed by atoms with Crippen molar-refractivity contribution in [2.45, 2.75) is 26.6 Å². The molecule has 1 aromatic carbocycles. The molecule has 1 aliphatic rings. The van der Waals surface area contributed by atoms with Gasteiger partial charge in [-0.2, -0.15) is 0 Å². The second-order valence-corrected chi connectivity index (χ2v) is 6.92. The van der Waals surface area contributed by atoms with Crippen LogP contribution in [0.1, 0.15) is 20.3 Å². The zero-order valence-electron chi connectivity index (χ0n) is 15.2. The molecule has 2 rings (SSSR count). The number of carbonyl (C=O) groups excluding carboxylic acids is 1. The molecule has 0 atom stereocenters. The van der Waals surface area contributed by atoms with Crippen molar-refractivity contribution in [3.05, 3.63) is 24.3 Å². The van der Waals surface area contributed by atoms with E-state index < -0.39 is 6.36 Å². The van der Waals surface area contributed by atoms with E-state index in [1.807, 2.05) is 0 Å². The maximum absolute atomic E-state index is 12.1. The number of alkyl halides is 3. The summed E-state index contributed by atoms with van der Waals surface area (Å²) >= 11 is 0. The van der Waals surface area contributed by atoms with E-state index in [4.69, 9.17) is 0 Å². The van der Waals surface area contributed by atoms with Crippen molar-refractivity contribution in [2.75, 3.05) is 44.6 Å². The van der Waals surface area contributed by atoms with Gasteiger partial charge in [0, 0.05) is 31.9 Å². The van der Waals surface area contributed by atoms with Crippen molar-refractivity contribution >= 4 is 11.6 Å². The van der Waals surface area contributed by atoms with Crippen molar-refractivity contribution in [1.29, 1.82) is 0 Å². The SMILES string of the molecule is CC(C)CCN1CCN(CC(=O)Nc2ccc(OC(F)(F)F)cc2)CC1. The average Bonchev–Trinajstić information content (AvgIpc) is 2.54. The third-order valence-electron chi connectivity index (χ3n) is 4.23. The summed E-state index contributed by atoms with van der Waals surface area (Å²) in [5.74, 6) is 0.199. The van der Waals surface area contributed by atoms with Crippen LogP contribution in [0, 0.1) is 5.92 Å². The van der Waals surface area contributed by atoms with Crippen LogP contribution < -0.4 is 10.1 Å². The van der Waals surface area contributed by atoms with Gasteiger partial charge in [-0.25, -0.2) is 0 Å². The number of piperazine rings is 1. The van der Waals surface area contributed by atoms with Crippen molar-refractivity contribution in [1.82, 2.24) is 9.80 Å². The first kappa shape index (κ1) is 20.5. The van der Waals surface area contributed by atoms with Gasteiger partial charge < -0.3 is 15.0 Å². The number of anilines is 1. The molecule has 0 aromatic heterocycles. The largest absolute Gasteiger partial charge is 0.573 e. The molecule has 0 radical (unpaired) electrons. The third kappa shape index (κ3) is 7.61. The van der Waals surface area contributed by atoms with Crippen molar-refractivity contribution in [2.24, 2.45) is 5.92 Å². The number of hydrogen-bond acceptors (Lipinski definition) is 4. The molecule has 1 amide bonds. The Labute approximate surface area is 152 Å². The summed E-state index contributed by atoms with van der Waals surface area (Å²) < 4.78 is 40.2. The molecular formula is C18H26F3N3O2. The Kier molecular flexibility index (Phi) is 7.28. The fourth-order valence-electron chi connectivity index (χ4n) is 2.76. The molecule has 0 spiro atoms. The van der Waals surface area contributed by atoms with Crippen LogP contribution in [0.4, 0.5) is 18.9 Å². The van der Waals surface area contributed by atoms with Crippen LogP contribution in [0.3, 0.4) is 0 Å². The van der Waals surface area contributed by atoms with E-state index in [9.17, 15) is 18.0 Å². The molecule has 146 valence electrons. The summed E-state index contributed by atoms with van der Waals surface area (Å²) in [7, 11) is 0. The number of benzene rings is 1. The molecule has 0 saturated carbocycles. The lowest BCUT2D eigenvalue weighted by molar-refractivity contribution is -0.274. The minimum atomic E-state index is -4.72. The molecule has 1 heterocycles. The number of halogens is 3. The molecule has 1 N–H and O–H groups in total. The van der Waals surface area contributed by atoms with Gasteiger partial charge in [-0.15, -0.1) is 13.2 Å². The monoisotopic (exact) mass is 373 g/mol. The first-order valence-electron chi connectivity index (χ1n) is 8.81. The van der Waals surface area contributed by atoms with E-state index in [1.54, 1.807) is 0 Å². The number of ether oxygens (including phenoxy) is 1. The number of amides is 1. The fraction of sp³-hybridized carbons (Fsp3) is 0.611. The maximum Gasteiger partial charge on any atom is 0.573 e. The van der Waals surface area contributed by atoms with Crippen LogP contribution >= 0.6 is 0 Å². The van der Waals surface area contributed by atoms with Crippen LogP contribution in [-0.2, 0) is 4.79 Å². The highest BCUT2D eigenvalue weighted by Gasteiger charge is 2.31. The molecule has 1 aliphatic heterocycles. The summed E-state index contributed by atoms with van der Waals surface area (Å²) in [5, 5.41) is 2.70. The molecule has 1 saturated heterocycles. The van der Waals surface area contributed by atoms with Gasteiger partial charge in [-0.1, -0.05) is 13.8 Å². The molecule has 0 aliphatic carbocycles. The van der Waals surface area contributed by atoms with Gasteiger partial charge in [0.25, 0.3) is 0 Å². The van der Waals surface area contributed by atoms with Gasteiger partial charge in [0.2, 0.25) is 5.91 Å². The van der Waals surface area contributed by atoms with Crippen LogP contribution in [0.5, 0.6) is 5.75 Å². The van der Waals surface area contributed by atoms with Crippen LogP contribution in [0.25, 0.3) is 0 Å². The summed E-state index contributed by atoms with van der Waals surface area (Å²) in [5.41, 5.74) is 0.445. The van der Waals surface area contributed by atoms with Gasteiger partial charge in [0.05, 0.1) is 6.54 Å². The van der Waals surface area contributed by atoms with Gasteiger partial charge in [0.1, 0.15) is 5.75 Å². The Hall–Kier alpha value is -1.80. The number of rotatable bonds is 7. The highest BCUT2D eigenvalue weighted by molar-refractivity contribution is 5.92. The molecule has 1 fully saturated rings. The topological polar surface area (TPSA) is 44.8 Å². The summed E-state index contributed by atoms with van der Waals surface area (Å²) in [6.07, 6.45) is -3.55. The third-order valence-corrected chi connectivity index (χ3v) is 4.23. The lowest BCUT2D eigenvalue weighted by Gasteiger charge is -2.34. The predicted octanol–water partition coefficient (Wildman–Crippen LogP) is 3.19. The normalized spacial score (nSPS) is 16.7. The van der Waals surface area contributed by atoms with Crippen LogP contribution in [0.15, 0.2) is 24.3 Å². The van der Waals surface area contributed by atoms with E-state index in [2.05, 4.69) is 33.7 Å². The van der Waals surface area contributed by atoms with Crippen LogP contribution in [-0.4, -0.2) is 61.3 Å². The highest BCUT2D eigenvalue weighted by atomic mass is 19.4. The molecule has 8 heteroatoms. The quantitative estimate of drug-likeness (QED) is 0.797. The second-order valence-electron chi connectivity index (χ2n) is 6.92. The summed E-state index contributed by atoms with van der Waals surface area (Å²) in [6, 6.07) is 5.14. The minimum absolute atomic E-state index is 0.176. The van der Waals surface area contributed by atoms with E-state index >= 15 is 0 Å². The lowest BCUT2D eigenvalue weighted by Crippen LogP contribution is -2.48. The number of nitrogens with one attached hydrogen (secondary N) is 1. The van der Waals surface area contributed by atoms with E-state index in [0.717, 1.165) is 32.7 Å². The summed E-state index contributed by atoms with van der Waals surface area (Å²) in [6.45, 7) is 9.36. The molecule has 5 nitrogen and oxygen atoms in total. The van der Waals surface area contributed by atoms with Crippen molar-refractivity contribution in [3.8, 4) is 5.75 Å². The summed E-state index contributed by atoms with van der Waals surface area (Å²) in [4.78, 5) is 16.6. The second kappa shape index (κ2) is 9.23. The first-order chi connectivity index (χ1) is 12.2. The Morgan fingerprint density at radius 3 is 2.23 bits per heavy atom. The van der Waals surface area contributed by atoms with Gasteiger partial charge in [-0.3, -0.25) is 9.69 Å². The Balaban J connectivity index is 1.72. The molecule has 26 heavy (non-hydrogen) atoms. The minimum Gasteiger partial charge on any atom is -0.406 e. The molecule has 0 bridgehead atoms. The number of hydrogen-bond donors (Lipinski definition) is 1. The van der Waals surface area contributed by atoms with Gasteiger partial charge in [-0.05, 0) is 43.1 Å². The molecular weight excluding hydrogens is 347 g/mol.